The van der Waals surface area contributed by atoms with E-state index in [1.807, 2.05) is 56.3 Å². The predicted octanol–water partition coefficient (Wildman–Crippen LogP) is 5.60. The van der Waals surface area contributed by atoms with Gasteiger partial charge in [-0.05, 0) is 56.0 Å². The molecule has 3 N–H and O–H groups in total. The molecule has 0 aliphatic rings. The van der Waals surface area contributed by atoms with Crippen LogP contribution >= 0.6 is 0 Å². The molecule has 2 aromatic carbocycles. The van der Waals surface area contributed by atoms with Gasteiger partial charge in [-0.25, -0.2) is 14.8 Å². The molecule has 0 radical (unpaired) electrons. The highest BCUT2D eigenvalue weighted by molar-refractivity contribution is 6.07. The van der Waals surface area contributed by atoms with Gasteiger partial charge in [-0.1, -0.05) is 32.9 Å². The smallest absolute Gasteiger partial charge is 0.319 e. The molecule has 0 fully saturated rings. The fourth-order valence-electron chi connectivity index (χ4n) is 4.17. The third kappa shape index (κ3) is 4.16. The third-order valence-electron chi connectivity index (χ3n) is 4.78. The molecule has 0 aliphatic carbocycles. The summed E-state index contributed by atoms with van der Waals surface area (Å²) in [6, 6.07) is 13.4. The standard InChI is InChI=1S/C23H27N5O/c1-22(2,3)13-23(4,5)28-21(29)24-14-10-11-16-15(12-14)19-20(26-16)27-18-9-7-6-8-17(18)25-19/h6-12H,13H2,1-5H3,(H,26,27)(H2,24,28,29). The second-order valence-electron chi connectivity index (χ2n) is 9.50. The number of hydrogen-bond donors (Lipinski definition) is 3. The van der Waals surface area contributed by atoms with E-state index in [1.54, 1.807) is 0 Å². The normalized spacial score (nSPS) is 12.6. The number of fused-ring (bicyclic) bond motifs is 4. The molecule has 6 nitrogen and oxygen atoms in total. The number of carbonyl (C=O) groups excluding carboxylic acids is 1. The number of aromatic amines is 1. The van der Waals surface area contributed by atoms with E-state index in [9.17, 15) is 4.79 Å². The van der Waals surface area contributed by atoms with Gasteiger partial charge in [0.05, 0.1) is 11.0 Å². The first kappa shape index (κ1) is 19.2. The number of H-pyrrole nitrogens is 1. The summed E-state index contributed by atoms with van der Waals surface area (Å²) in [5.41, 5.74) is 4.72. The molecule has 6 heteroatoms. The predicted molar refractivity (Wildman–Crippen MR) is 119 cm³/mol. The average Bonchev–Trinajstić information content (AvgIpc) is 2.94. The number of carbonyl (C=O) groups is 1. The number of aromatic nitrogens is 3. The van der Waals surface area contributed by atoms with Crippen LogP contribution in [0.5, 0.6) is 0 Å². The van der Waals surface area contributed by atoms with Crippen molar-refractivity contribution in [1.29, 1.82) is 0 Å². The van der Waals surface area contributed by atoms with E-state index in [4.69, 9.17) is 4.98 Å². The van der Waals surface area contributed by atoms with Gasteiger partial charge in [-0.2, -0.15) is 0 Å². The molecule has 0 saturated carbocycles. The van der Waals surface area contributed by atoms with Gasteiger partial charge < -0.3 is 15.6 Å². The lowest BCUT2D eigenvalue weighted by molar-refractivity contribution is 0.220. The lowest BCUT2D eigenvalue weighted by atomic mass is 9.82. The Kier molecular flexibility index (Phi) is 4.45. The van der Waals surface area contributed by atoms with E-state index >= 15 is 0 Å². The molecule has 2 heterocycles. The van der Waals surface area contributed by atoms with Gasteiger partial charge in [-0.3, -0.25) is 0 Å². The Morgan fingerprint density at radius 3 is 2.38 bits per heavy atom. The summed E-state index contributed by atoms with van der Waals surface area (Å²) < 4.78 is 0. The van der Waals surface area contributed by atoms with Crippen molar-refractivity contribution in [3.63, 3.8) is 0 Å². The van der Waals surface area contributed by atoms with E-state index in [1.165, 1.54) is 0 Å². The van der Waals surface area contributed by atoms with Crippen molar-refractivity contribution in [2.45, 2.75) is 46.6 Å². The molecule has 4 aromatic rings. The summed E-state index contributed by atoms with van der Waals surface area (Å²) in [5.74, 6) is 0. The van der Waals surface area contributed by atoms with Gasteiger partial charge in [0, 0.05) is 22.1 Å². The van der Waals surface area contributed by atoms with Gasteiger partial charge in [-0.15, -0.1) is 0 Å². The Labute approximate surface area is 170 Å². The topological polar surface area (TPSA) is 82.7 Å². The summed E-state index contributed by atoms with van der Waals surface area (Å²) in [5, 5.41) is 6.97. The Morgan fingerprint density at radius 2 is 1.69 bits per heavy atom. The molecular weight excluding hydrogens is 362 g/mol. The van der Waals surface area contributed by atoms with Crippen LogP contribution in [-0.4, -0.2) is 26.5 Å². The molecule has 0 unspecified atom stereocenters. The summed E-state index contributed by atoms with van der Waals surface area (Å²) >= 11 is 0. The summed E-state index contributed by atoms with van der Waals surface area (Å²) in [6.45, 7) is 10.6. The number of urea groups is 1. The lowest BCUT2D eigenvalue weighted by Gasteiger charge is -2.33. The summed E-state index contributed by atoms with van der Waals surface area (Å²) in [4.78, 5) is 25.3. The molecule has 0 saturated heterocycles. The van der Waals surface area contributed by atoms with Gasteiger partial charge in [0.2, 0.25) is 0 Å². The Hall–Kier alpha value is -3.15. The monoisotopic (exact) mass is 389 g/mol. The second kappa shape index (κ2) is 6.72. The quantitative estimate of drug-likeness (QED) is 0.426. The van der Waals surface area contributed by atoms with Crippen LogP contribution in [0.3, 0.4) is 0 Å². The molecule has 4 rings (SSSR count). The fraction of sp³-hybridized carbons (Fsp3) is 0.348. The molecule has 150 valence electrons. The highest BCUT2D eigenvalue weighted by Crippen LogP contribution is 2.28. The van der Waals surface area contributed by atoms with Gasteiger partial charge in [0.15, 0.2) is 5.65 Å². The van der Waals surface area contributed by atoms with Crippen molar-refractivity contribution in [3.05, 3.63) is 42.5 Å². The number of benzene rings is 2. The SMILES string of the molecule is CC(C)(C)CC(C)(C)NC(=O)Nc1ccc2[nH]c3nc4ccccc4nc3c2c1. The van der Waals surface area contributed by atoms with Crippen LogP contribution in [0, 0.1) is 5.41 Å². The molecule has 0 aliphatic heterocycles. The maximum Gasteiger partial charge on any atom is 0.319 e. The average molecular weight is 390 g/mol. The number of nitrogens with one attached hydrogen (secondary N) is 3. The van der Waals surface area contributed by atoms with E-state index in [-0.39, 0.29) is 17.0 Å². The zero-order valence-corrected chi connectivity index (χ0v) is 17.6. The fourth-order valence-corrected chi connectivity index (χ4v) is 4.17. The van der Waals surface area contributed by atoms with E-state index in [0.717, 1.165) is 45.2 Å². The molecule has 2 amide bonds. The van der Waals surface area contributed by atoms with E-state index in [2.05, 4.69) is 41.4 Å². The highest BCUT2D eigenvalue weighted by atomic mass is 16.2. The number of nitrogens with zero attached hydrogens (tertiary/aromatic N) is 2. The number of rotatable bonds is 3. The molecule has 29 heavy (non-hydrogen) atoms. The van der Waals surface area contributed by atoms with Crippen molar-refractivity contribution in [2.24, 2.45) is 5.41 Å². The first-order chi connectivity index (χ1) is 13.6. The maximum absolute atomic E-state index is 12.6. The summed E-state index contributed by atoms with van der Waals surface area (Å²) in [7, 11) is 0. The van der Waals surface area contributed by atoms with Crippen LogP contribution in [0.4, 0.5) is 10.5 Å². The van der Waals surface area contributed by atoms with Crippen molar-refractivity contribution >= 4 is 44.8 Å². The van der Waals surface area contributed by atoms with Crippen LogP contribution in [0.15, 0.2) is 42.5 Å². The van der Waals surface area contributed by atoms with Gasteiger partial charge in [0.25, 0.3) is 0 Å². The summed E-state index contributed by atoms with van der Waals surface area (Å²) in [6.07, 6.45) is 0.873. The van der Waals surface area contributed by atoms with Gasteiger partial charge in [0.1, 0.15) is 5.52 Å². The van der Waals surface area contributed by atoms with Gasteiger partial charge >= 0.3 is 6.03 Å². The van der Waals surface area contributed by atoms with E-state index in [0.29, 0.717) is 0 Å². The second-order valence-corrected chi connectivity index (χ2v) is 9.50. The maximum atomic E-state index is 12.6. The Bertz CT molecular complexity index is 1220. The van der Waals surface area contributed by atoms with E-state index < -0.39 is 0 Å². The van der Waals surface area contributed by atoms with Crippen LogP contribution in [-0.2, 0) is 0 Å². The van der Waals surface area contributed by atoms with Crippen molar-refractivity contribution in [3.8, 4) is 0 Å². The van der Waals surface area contributed by atoms with Crippen molar-refractivity contribution < 1.29 is 4.79 Å². The largest absolute Gasteiger partial charge is 0.338 e. The van der Waals surface area contributed by atoms with Crippen LogP contribution < -0.4 is 10.6 Å². The van der Waals surface area contributed by atoms with Crippen LogP contribution in [0.1, 0.15) is 41.0 Å². The first-order valence-corrected chi connectivity index (χ1v) is 9.87. The lowest BCUT2D eigenvalue weighted by Crippen LogP contribution is -2.47. The number of anilines is 1. The highest BCUT2D eigenvalue weighted by Gasteiger charge is 2.27. The molecule has 2 aromatic heterocycles. The molecule has 0 atom stereocenters. The van der Waals surface area contributed by atoms with Crippen LogP contribution in [0.2, 0.25) is 0 Å². The van der Waals surface area contributed by atoms with Crippen molar-refractivity contribution in [1.82, 2.24) is 20.3 Å². The van der Waals surface area contributed by atoms with Crippen molar-refractivity contribution in [2.75, 3.05) is 5.32 Å². The third-order valence-corrected chi connectivity index (χ3v) is 4.78. The minimum absolute atomic E-state index is 0.126. The minimum atomic E-state index is -0.308. The van der Waals surface area contributed by atoms with Crippen LogP contribution in [0.25, 0.3) is 33.1 Å². The number of amides is 2. The zero-order valence-electron chi connectivity index (χ0n) is 17.6. The first-order valence-electron chi connectivity index (χ1n) is 9.87. The Morgan fingerprint density at radius 1 is 1.00 bits per heavy atom. The number of para-hydroxylation sites is 2. The molecular formula is C23H27N5O. The molecule has 0 spiro atoms. The Balaban J connectivity index is 1.62. The minimum Gasteiger partial charge on any atom is -0.338 e. The number of hydrogen-bond acceptors (Lipinski definition) is 3. The zero-order chi connectivity index (χ0) is 20.8. The molecule has 0 bridgehead atoms.